The summed E-state index contributed by atoms with van der Waals surface area (Å²) in [5.74, 6) is -2.82. The predicted octanol–water partition coefficient (Wildman–Crippen LogP) is 2.44. The number of hydrogen-bond donors (Lipinski definition) is 1. The van der Waals surface area contributed by atoms with Gasteiger partial charge >= 0.3 is 5.76 Å². The summed E-state index contributed by atoms with van der Waals surface area (Å²) in [6.45, 7) is 6.15. The van der Waals surface area contributed by atoms with E-state index in [1.165, 1.54) is 24.3 Å². The average molecular weight is 318 g/mol. The van der Waals surface area contributed by atoms with Crippen molar-refractivity contribution in [2.24, 2.45) is 5.92 Å². The topological polar surface area (TPSA) is 49.4 Å². The molecule has 21 heavy (non-hydrogen) atoms. The van der Waals surface area contributed by atoms with E-state index >= 15 is 0 Å². The maximum atomic E-state index is 12.4. The van der Waals surface area contributed by atoms with E-state index in [4.69, 9.17) is 0 Å². The molecular weight excluding hydrogens is 298 g/mol. The van der Waals surface area contributed by atoms with Gasteiger partial charge in [0.2, 0.25) is 9.84 Å². The highest BCUT2D eigenvalue weighted by Crippen LogP contribution is 2.21. The molecular formula is C14H20F2N2O2S. The van der Waals surface area contributed by atoms with Gasteiger partial charge in [-0.2, -0.15) is 8.78 Å². The molecule has 2 rings (SSSR count). The Morgan fingerprint density at radius 1 is 1.33 bits per heavy atom. The van der Waals surface area contributed by atoms with Crippen LogP contribution in [0.15, 0.2) is 29.2 Å². The molecule has 1 aliphatic heterocycles. The van der Waals surface area contributed by atoms with E-state index in [2.05, 4.69) is 17.1 Å². The third-order valence-corrected chi connectivity index (χ3v) is 5.23. The van der Waals surface area contributed by atoms with Crippen molar-refractivity contribution in [3.63, 3.8) is 0 Å². The number of sulfone groups is 1. The molecule has 0 radical (unpaired) electrons. The van der Waals surface area contributed by atoms with Crippen molar-refractivity contribution in [1.82, 2.24) is 4.90 Å². The van der Waals surface area contributed by atoms with Gasteiger partial charge in [0.25, 0.3) is 0 Å². The van der Waals surface area contributed by atoms with Crippen molar-refractivity contribution in [3.8, 4) is 0 Å². The fraction of sp³-hybridized carbons (Fsp3) is 0.571. The Morgan fingerprint density at radius 2 is 2.00 bits per heavy atom. The summed E-state index contributed by atoms with van der Waals surface area (Å²) in [5, 5.41) is 3.23. The normalized spacial score (nSPS) is 20.1. The molecule has 1 heterocycles. The Hall–Kier alpha value is -1.21. The molecule has 0 aromatic heterocycles. The quantitative estimate of drug-likeness (QED) is 0.875. The number of hydrogen-bond acceptors (Lipinski definition) is 4. The number of likely N-dealkylation sites (tertiary alicyclic amines) is 1. The Bertz CT molecular complexity index is 561. The van der Waals surface area contributed by atoms with Crippen LogP contribution in [-0.4, -0.2) is 45.3 Å². The van der Waals surface area contributed by atoms with Gasteiger partial charge in [-0.1, -0.05) is 6.92 Å². The van der Waals surface area contributed by atoms with Crippen molar-refractivity contribution < 1.29 is 17.2 Å². The van der Waals surface area contributed by atoms with Crippen molar-refractivity contribution in [3.05, 3.63) is 24.3 Å². The first kappa shape index (κ1) is 16.2. The smallest absolute Gasteiger partial charge is 0.341 e. The molecule has 0 spiro atoms. The van der Waals surface area contributed by atoms with Crippen LogP contribution in [0, 0.1) is 5.92 Å². The maximum absolute atomic E-state index is 12.4. The van der Waals surface area contributed by atoms with Gasteiger partial charge in [0, 0.05) is 18.8 Å². The number of halogens is 2. The Morgan fingerprint density at radius 3 is 2.52 bits per heavy atom. The number of alkyl halides is 2. The van der Waals surface area contributed by atoms with E-state index in [9.17, 15) is 17.2 Å². The molecule has 4 nitrogen and oxygen atoms in total. The molecule has 1 unspecified atom stereocenters. The van der Waals surface area contributed by atoms with Gasteiger partial charge in [-0.15, -0.1) is 0 Å². The highest BCUT2D eigenvalue weighted by molar-refractivity contribution is 7.91. The van der Waals surface area contributed by atoms with E-state index in [1.807, 2.05) is 0 Å². The first-order chi connectivity index (χ1) is 9.93. The minimum atomic E-state index is -4.50. The molecule has 0 aliphatic carbocycles. The third kappa shape index (κ3) is 3.91. The van der Waals surface area contributed by atoms with Crippen LogP contribution in [0.5, 0.6) is 0 Å². The lowest BCUT2D eigenvalue weighted by Crippen LogP contribution is -2.22. The molecule has 1 aromatic carbocycles. The average Bonchev–Trinajstić information content (AvgIpc) is 2.93. The van der Waals surface area contributed by atoms with Gasteiger partial charge in [-0.05, 0) is 49.7 Å². The van der Waals surface area contributed by atoms with Crippen LogP contribution in [0.25, 0.3) is 0 Å². The molecule has 0 saturated carbocycles. The van der Waals surface area contributed by atoms with Gasteiger partial charge in [0.05, 0.1) is 4.90 Å². The SMILES string of the molecule is CCN1CCC(CNc2ccc(S(=O)(=O)C(F)F)cc2)C1. The number of nitrogens with one attached hydrogen (secondary N) is 1. The number of nitrogens with zero attached hydrogens (tertiary/aromatic N) is 1. The van der Waals surface area contributed by atoms with E-state index < -0.39 is 15.6 Å². The summed E-state index contributed by atoms with van der Waals surface area (Å²) in [6, 6.07) is 5.50. The zero-order valence-electron chi connectivity index (χ0n) is 11.9. The van der Waals surface area contributed by atoms with Crippen molar-refractivity contribution in [2.45, 2.75) is 24.0 Å². The van der Waals surface area contributed by atoms with Crippen molar-refractivity contribution in [1.29, 1.82) is 0 Å². The van der Waals surface area contributed by atoms with Crippen LogP contribution < -0.4 is 5.32 Å². The summed E-state index contributed by atoms with van der Waals surface area (Å²) in [7, 11) is -4.50. The fourth-order valence-electron chi connectivity index (χ4n) is 2.49. The maximum Gasteiger partial charge on any atom is 0.341 e. The van der Waals surface area contributed by atoms with Crippen LogP contribution in [0.4, 0.5) is 14.5 Å². The number of rotatable bonds is 6. The second kappa shape index (κ2) is 6.70. The second-order valence-electron chi connectivity index (χ2n) is 5.26. The molecule has 1 aliphatic rings. The molecule has 0 amide bonds. The van der Waals surface area contributed by atoms with Gasteiger partial charge in [0.15, 0.2) is 0 Å². The molecule has 118 valence electrons. The number of anilines is 1. The third-order valence-electron chi connectivity index (χ3n) is 3.83. The zero-order valence-corrected chi connectivity index (χ0v) is 12.7. The van der Waals surface area contributed by atoms with Gasteiger partial charge in [-0.3, -0.25) is 0 Å². The summed E-state index contributed by atoms with van der Waals surface area (Å²) >= 11 is 0. The Balaban J connectivity index is 1.92. The first-order valence-electron chi connectivity index (χ1n) is 7.02. The lowest BCUT2D eigenvalue weighted by atomic mass is 10.1. The van der Waals surface area contributed by atoms with Crippen LogP contribution >= 0.6 is 0 Å². The highest BCUT2D eigenvalue weighted by atomic mass is 32.2. The van der Waals surface area contributed by atoms with E-state index in [1.54, 1.807) is 0 Å². The van der Waals surface area contributed by atoms with Crippen molar-refractivity contribution in [2.75, 3.05) is 31.5 Å². The Labute approximate surface area is 124 Å². The molecule has 1 atom stereocenters. The van der Waals surface area contributed by atoms with Crippen LogP contribution in [-0.2, 0) is 9.84 Å². The van der Waals surface area contributed by atoms with Gasteiger partial charge in [0.1, 0.15) is 0 Å². The molecule has 7 heteroatoms. The van der Waals surface area contributed by atoms with Crippen molar-refractivity contribution >= 4 is 15.5 Å². The Kier molecular flexibility index (Phi) is 5.16. The lowest BCUT2D eigenvalue weighted by molar-refractivity contribution is 0.234. The number of benzene rings is 1. The monoisotopic (exact) mass is 318 g/mol. The fourth-order valence-corrected chi connectivity index (χ4v) is 3.22. The largest absolute Gasteiger partial charge is 0.385 e. The minimum absolute atomic E-state index is 0.346. The summed E-state index contributed by atoms with van der Waals surface area (Å²) in [6.07, 6.45) is 1.14. The second-order valence-corrected chi connectivity index (χ2v) is 7.18. The molecule has 1 aromatic rings. The summed E-state index contributed by atoms with van der Waals surface area (Å²) < 4.78 is 47.4. The van der Waals surface area contributed by atoms with Crippen LogP contribution in [0.2, 0.25) is 0 Å². The molecule has 1 fully saturated rings. The first-order valence-corrected chi connectivity index (χ1v) is 8.56. The lowest BCUT2D eigenvalue weighted by Gasteiger charge is -2.14. The van der Waals surface area contributed by atoms with Gasteiger partial charge < -0.3 is 10.2 Å². The van der Waals surface area contributed by atoms with E-state index in [0.717, 1.165) is 38.3 Å². The molecule has 1 saturated heterocycles. The predicted molar refractivity (Wildman–Crippen MR) is 78.3 cm³/mol. The zero-order chi connectivity index (χ0) is 15.5. The standard InChI is InChI=1S/C14H20F2N2O2S/c1-2-18-8-7-11(10-18)9-17-12-3-5-13(6-4-12)21(19,20)14(15)16/h3-6,11,14,17H,2,7-10H2,1H3. The summed E-state index contributed by atoms with van der Waals surface area (Å²) in [4.78, 5) is 2.03. The van der Waals surface area contributed by atoms with E-state index in [-0.39, 0.29) is 4.90 Å². The van der Waals surface area contributed by atoms with Crippen LogP contribution in [0.3, 0.4) is 0 Å². The summed E-state index contributed by atoms with van der Waals surface area (Å²) in [5.41, 5.74) is 0.748. The van der Waals surface area contributed by atoms with Crippen LogP contribution in [0.1, 0.15) is 13.3 Å². The van der Waals surface area contributed by atoms with E-state index in [0.29, 0.717) is 5.92 Å². The molecule has 1 N–H and O–H groups in total. The minimum Gasteiger partial charge on any atom is -0.385 e. The molecule has 0 bridgehead atoms. The van der Waals surface area contributed by atoms with Gasteiger partial charge in [-0.25, -0.2) is 8.42 Å². The highest BCUT2D eigenvalue weighted by Gasteiger charge is 2.26.